The highest BCUT2D eigenvalue weighted by Gasteiger charge is 2.48. The number of ether oxygens (including phenoxy) is 1. The minimum Gasteiger partial charge on any atom is -0.496 e. The van der Waals surface area contributed by atoms with Crippen LogP contribution in [-0.4, -0.2) is 64.4 Å². The van der Waals surface area contributed by atoms with Crippen molar-refractivity contribution in [3.8, 4) is 5.75 Å². The summed E-state index contributed by atoms with van der Waals surface area (Å²) in [5.74, 6) is 0.823. The number of nitrogens with zero attached hydrogens (tertiary/aromatic N) is 3. The van der Waals surface area contributed by atoms with Gasteiger partial charge in [0.15, 0.2) is 0 Å². The lowest BCUT2D eigenvalue weighted by Crippen LogP contribution is -2.70. The Bertz CT molecular complexity index is 1000. The van der Waals surface area contributed by atoms with Crippen LogP contribution < -0.4 is 4.74 Å². The number of rotatable bonds is 7. The van der Waals surface area contributed by atoms with E-state index in [-0.39, 0.29) is 24.0 Å². The molecule has 0 saturated carbocycles. The van der Waals surface area contributed by atoms with E-state index in [4.69, 9.17) is 16.3 Å². The van der Waals surface area contributed by atoms with E-state index < -0.39 is 6.04 Å². The van der Waals surface area contributed by atoms with Crippen molar-refractivity contribution in [3.05, 3.63) is 59.1 Å². The smallest absolute Gasteiger partial charge is 0.245 e. The first kappa shape index (κ1) is 23.9. The van der Waals surface area contributed by atoms with Crippen LogP contribution in [0, 0.1) is 0 Å². The third-order valence-electron chi connectivity index (χ3n) is 6.27. The van der Waals surface area contributed by atoms with Crippen LogP contribution in [0.3, 0.4) is 0 Å². The zero-order valence-electron chi connectivity index (χ0n) is 19.2. The molecule has 0 spiro atoms. The summed E-state index contributed by atoms with van der Waals surface area (Å²) in [4.78, 5) is 31.2. The Labute approximate surface area is 204 Å². The van der Waals surface area contributed by atoms with Crippen molar-refractivity contribution >= 4 is 35.4 Å². The number of aryl methyl sites for hydroxylation is 1. The maximum Gasteiger partial charge on any atom is 0.245 e. The maximum absolute atomic E-state index is 13.5. The summed E-state index contributed by atoms with van der Waals surface area (Å²) in [6.45, 7) is 5.15. The average molecular weight is 488 g/mol. The number of carbonyl (C=O) groups is 2. The molecule has 2 aliphatic rings. The van der Waals surface area contributed by atoms with Crippen molar-refractivity contribution in [2.24, 2.45) is 0 Å². The Balaban J connectivity index is 1.62. The highest BCUT2D eigenvalue weighted by Crippen LogP contribution is 2.39. The van der Waals surface area contributed by atoms with E-state index in [1.807, 2.05) is 54.0 Å². The van der Waals surface area contributed by atoms with Gasteiger partial charge in [-0.15, -0.1) is 0 Å². The van der Waals surface area contributed by atoms with Crippen molar-refractivity contribution in [2.75, 3.05) is 20.2 Å². The Kier molecular flexibility index (Phi) is 7.51. The Morgan fingerprint density at radius 2 is 1.91 bits per heavy atom. The molecule has 2 fully saturated rings. The van der Waals surface area contributed by atoms with E-state index in [2.05, 4.69) is 16.4 Å². The van der Waals surface area contributed by atoms with E-state index in [1.54, 1.807) is 25.1 Å². The van der Waals surface area contributed by atoms with Gasteiger partial charge in [-0.25, -0.2) is 4.31 Å². The average Bonchev–Trinajstić information content (AvgIpc) is 2.80. The standard InChI is InChI=1S/C25H30ClN3O3S/c1-17(2)27-16-23-28(33-22-15-19(26)10-12-21(22)32-3)14-13-24(30)29(23)20(25(27)31)11-9-18-7-5-4-6-8-18/h4-8,10,12,15,17,20,23H,9,11,13-14,16H2,1-3H3. The molecule has 0 N–H and O–H groups in total. The summed E-state index contributed by atoms with van der Waals surface area (Å²) >= 11 is 7.79. The lowest BCUT2D eigenvalue weighted by molar-refractivity contribution is -0.166. The van der Waals surface area contributed by atoms with Gasteiger partial charge in [0.1, 0.15) is 18.0 Å². The SMILES string of the molecule is COc1ccc(Cl)cc1SN1CCC(=O)N2C(CCc3ccccc3)C(=O)N(C(C)C)CC12. The molecule has 2 saturated heterocycles. The maximum atomic E-state index is 13.5. The largest absolute Gasteiger partial charge is 0.496 e. The molecule has 2 aromatic carbocycles. The zero-order valence-corrected chi connectivity index (χ0v) is 20.8. The van der Waals surface area contributed by atoms with Crippen LogP contribution in [0.2, 0.25) is 5.02 Å². The van der Waals surface area contributed by atoms with Crippen molar-refractivity contribution in [1.82, 2.24) is 14.1 Å². The van der Waals surface area contributed by atoms with Gasteiger partial charge in [0, 0.05) is 24.0 Å². The lowest BCUT2D eigenvalue weighted by Gasteiger charge is -2.52. The van der Waals surface area contributed by atoms with E-state index in [1.165, 1.54) is 5.56 Å². The minimum absolute atomic E-state index is 0.0396. The summed E-state index contributed by atoms with van der Waals surface area (Å²) in [5.41, 5.74) is 1.17. The molecule has 0 aromatic heterocycles. The highest BCUT2D eigenvalue weighted by molar-refractivity contribution is 7.97. The Hall–Kier alpha value is -2.22. The normalized spacial score (nSPS) is 21.5. The van der Waals surface area contributed by atoms with Crippen LogP contribution in [0.4, 0.5) is 0 Å². The van der Waals surface area contributed by atoms with Gasteiger partial charge < -0.3 is 14.5 Å². The molecule has 2 aromatic rings. The number of methoxy groups -OCH3 is 1. The molecule has 33 heavy (non-hydrogen) atoms. The quantitative estimate of drug-likeness (QED) is 0.539. The van der Waals surface area contributed by atoms with Crippen LogP contribution in [0.25, 0.3) is 0 Å². The summed E-state index contributed by atoms with van der Waals surface area (Å²) in [6.07, 6.45) is 1.52. The van der Waals surface area contributed by atoms with E-state index in [0.29, 0.717) is 31.0 Å². The first-order chi connectivity index (χ1) is 15.9. The number of piperazine rings is 1. The lowest BCUT2D eigenvalue weighted by atomic mass is 9.97. The van der Waals surface area contributed by atoms with E-state index in [0.717, 1.165) is 17.1 Å². The molecule has 0 aliphatic carbocycles. The van der Waals surface area contributed by atoms with Gasteiger partial charge in [0.2, 0.25) is 11.8 Å². The fraction of sp³-hybridized carbons (Fsp3) is 0.440. The van der Waals surface area contributed by atoms with Crippen LogP contribution in [0.5, 0.6) is 5.75 Å². The Morgan fingerprint density at radius 3 is 2.61 bits per heavy atom. The predicted molar refractivity (Wildman–Crippen MR) is 131 cm³/mol. The molecule has 6 nitrogen and oxygen atoms in total. The summed E-state index contributed by atoms with van der Waals surface area (Å²) in [5, 5.41) is 0.631. The van der Waals surface area contributed by atoms with Crippen molar-refractivity contribution in [1.29, 1.82) is 0 Å². The molecule has 4 rings (SSSR count). The van der Waals surface area contributed by atoms with Crippen LogP contribution in [0.15, 0.2) is 53.4 Å². The topological polar surface area (TPSA) is 53.1 Å². The molecule has 2 heterocycles. The summed E-state index contributed by atoms with van der Waals surface area (Å²) < 4.78 is 7.73. The molecule has 2 atom stereocenters. The van der Waals surface area contributed by atoms with E-state index >= 15 is 0 Å². The number of hydrogen-bond donors (Lipinski definition) is 0. The van der Waals surface area contributed by atoms with Gasteiger partial charge >= 0.3 is 0 Å². The fourth-order valence-electron chi connectivity index (χ4n) is 4.56. The van der Waals surface area contributed by atoms with E-state index in [9.17, 15) is 9.59 Å². The third kappa shape index (κ3) is 5.15. The molecule has 2 aliphatic heterocycles. The second kappa shape index (κ2) is 10.4. The number of carbonyl (C=O) groups excluding carboxylic acids is 2. The van der Waals surface area contributed by atoms with Gasteiger partial charge in [-0.3, -0.25) is 9.59 Å². The monoisotopic (exact) mass is 487 g/mol. The van der Waals surface area contributed by atoms with Crippen LogP contribution in [-0.2, 0) is 16.0 Å². The number of hydrogen-bond acceptors (Lipinski definition) is 5. The number of benzene rings is 2. The molecule has 0 radical (unpaired) electrons. The third-order valence-corrected chi connectivity index (χ3v) is 7.68. The highest BCUT2D eigenvalue weighted by atomic mass is 35.5. The second-order valence-corrected chi connectivity index (χ2v) is 10.2. The van der Waals surface area contributed by atoms with Crippen LogP contribution in [0.1, 0.15) is 32.3 Å². The van der Waals surface area contributed by atoms with Gasteiger partial charge in [0.05, 0.1) is 18.6 Å². The molecule has 0 bridgehead atoms. The van der Waals surface area contributed by atoms with Gasteiger partial charge in [-0.1, -0.05) is 41.9 Å². The fourth-order valence-corrected chi connectivity index (χ4v) is 5.94. The Morgan fingerprint density at radius 1 is 1.15 bits per heavy atom. The molecule has 2 unspecified atom stereocenters. The van der Waals surface area contributed by atoms with Crippen molar-refractivity contribution < 1.29 is 14.3 Å². The van der Waals surface area contributed by atoms with Gasteiger partial charge in [-0.2, -0.15) is 0 Å². The minimum atomic E-state index is -0.469. The number of amides is 2. The molecular formula is C25H30ClN3O3S. The molecule has 176 valence electrons. The summed E-state index contributed by atoms with van der Waals surface area (Å²) in [7, 11) is 1.64. The van der Waals surface area contributed by atoms with Crippen molar-refractivity contribution in [3.63, 3.8) is 0 Å². The summed E-state index contributed by atoms with van der Waals surface area (Å²) in [6, 6.07) is 15.3. The first-order valence-electron chi connectivity index (χ1n) is 11.3. The van der Waals surface area contributed by atoms with Gasteiger partial charge in [-0.05, 0) is 62.4 Å². The molecule has 8 heteroatoms. The molecular weight excluding hydrogens is 458 g/mol. The van der Waals surface area contributed by atoms with Crippen molar-refractivity contribution in [2.45, 2.75) is 56.3 Å². The molecule has 2 amide bonds. The number of fused-ring (bicyclic) bond motifs is 1. The second-order valence-electron chi connectivity index (χ2n) is 8.68. The predicted octanol–water partition coefficient (Wildman–Crippen LogP) is 4.47. The zero-order chi connectivity index (χ0) is 23.5. The number of halogens is 1. The van der Waals surface area contributed by atoms with Gasteiger partial charge in [0.25, 0.3) is 0 Å². The van der Waals surface area contributed by atoms with Crippen LogP contribution >= 0.6 is 23.5 Å². The first-order valence-corrected chi connectivity index (χ1v) is 12.5.